The van der Waals surface area contributed by atoms with Crippen LogP contribution in [-0.2, 0) is 16.3 Å². The van der Waals surface area contributed by atoms with Crippen LogP contribution in [0, 0.1) is 6.92 Å². The summed E-state index contributed by atoms with van der Waals surface area (Å²) < 4.78 is 25.5. The summed E-state index contributed by atoms with van der Waals surface area (Å²) in [5, 5.41) is 0. The first-order valence-electron chi connectivity index (χ1n) is 11.9. The van der Waals surface area contributed by atoms with Crippen LogP contribution in [0.1, 0.15) is 114 Å². The van der Waals surface area contributed by atoms with Gasteiger partial charge in [-0.3, -0.25) is 0 Å². The molecule has 0 aliphatic carbocycles. The predicted molar refractivity (Wildman–Crippen MR) is 136 cm³/mol. The lowest BCUT2D eigenvalue weighted by molar-refractivity contribution is 0.589. The van der Waals surface area contributed by atoms with Crippen LogP contribution in [-0.4, -0.2) is 14.2 Å². The summed E-state index contributed by atoms with van der Waals surface area (Å²) in [6, 6.07) is 13.0. The Labute approximate surface area is 192 Å². The number of sulfone groups is 1. The van der Waals surface area contributed by atoms with Gasteiger partial charge >= 0.3 is 0 Å². The van der Waals surface area contributed by atoms with Crippen molar-refractivity contribution >= 4 is 9.84 Å². The molecule has 2 rings (SSSR count). The lowest BCUT2D eigenvalue weighted by Gasteiger charge is -2.22. The van der Waals surface area contributed by atoms with Gasteiger partial charge < -0.3 is 0 Å². The Morgan fingerprint density at radius 3 is 1.58 bits per heavy atom. The average Bonchev–Trinajstić information content (AvgIpc) is 2.69. The minimum Gasteiger partial charge on any atom is -0.224 e. The normalized spacial score (nSPS) is 11.7. The number of rotatable bonds is 8. The molecule has 31 heavy (non-hydrogen) atoms. The number of hydrogen-bond acceptors (Lipinski definition) is 2. The molecule has 2 nitrogen and oxygen atoms in total. The molecule has 0 saturated carbocycles. The van der Waals surface area contributed by atoms with Gasteiger partial charge in [0, 0.05) is 0 Å². The Morgan fingerprint density at radius 2 is 1.23 bits per heavy atom. The Hall–Kier alpha value is -1.61. The minimum absolute atomic E-state index is 0.211. The lowest BCUT2D eigenvalue weighted by atomic mass is 9.89. The molecule has 0 radical (unpaired) electrons. The first kappa shape index (κ1) is 27.4. The molecule has 0 spiro atoms. The maximum absolute atomic E-state index is 12.8. The van der Waals surface area contributed by atoms with E-state index in [0.29, 0.717) is 17.2 Å². The zero-order valence-corrected chi connectivity index (χ0v) is 22.1. The van der Waals surface area contributed by atoms with Gasteiger partial charge in [-0.25, -0.2) is 8.42 Å². The van der Waals surface area contributed by atoms with Crippen LogP contribution in [0.25, 0.3) is 0 Å². The van der Waals surface area contributed by atoms with Crippen molar-refractivity contribution in [2.24, 2.45) is 0 Å². The monoisotopic (exact) mass is 444 g/mol. The third-order valence-corrected chi connectivity index (χ3v) is 7.56. The fraction of sp³-hybridized carbons (Fsp3) is 0.571. The Bertz CT molecular complexity index is 876. The third-order valence-electron chi connectivity index (χ3n) is 5.52. The molecular weight excluding hydrogens is 400 g/mol. The smallest absolute Gasteiger partial charge is 0.178 e. The fourth-order valence-electron chi connectivity index (χ4n) is 3.66. The van der Waals surface area contributed by atoms with E-state index in [9.17, 15) is 8.42 Å². The quantitative estimate of drug-likeness (QED) is 0.411. The first-order chi connectivity index (χ1) is 14.4. The van der Waals surface area contributed by atoms with E-state index < -0.39 is 9.84 Å². The minimum atomic E-state index is -3.20. The van der Waals surface area contributed by atoms with E-state index in [1.165, 1.54) is 29.5 Å². The molecular formula is C28H44O2S. The standard InChI is InChI=1S/C18H30O2S.C10H14/c1-8-9-21(19,20)18-16(13(4)5)10-15(12(2)3)11-17(18)14(6)7;1-3-4-10-7-5-9(2)6-8-10/h10-14H,8-9H2,1-7H3;5-8H,3-4H2,1-2H3. The first-order valence-corrected chi connectivity index (χ1v) is 13.6. The fourth-order valence-corrected chi connectivity index (χ4v) is 5.71. The highest BCUT2D eigenvalue weighted by Crippen LogP contribution is 2.35. The summed E-state index contributed by atoms with van der Waals surface area (Å²) in [6.07, 6.45) is 3.10. The molecule has 0 atom stereocenters. The van der Waals surface area contributed by atoms with E-state index in [0.717, 1.165) is 11.1 Å². The van der Waals surface area contributed by atoms with Gasteiger partial charge in [0.25, 0.3) is 0 Å². The Balaban J connectivity index is 0.000000399. The summed E-state index contributed by atoms with van der Waals surface area (Å²) in [7, 11) is -3.20. The lowest BCUT2D eigenvalue weighted by Crippen LogP contribution is -2.15. The van der Waals surface area contributed by atoms with Crippen LogP contribution in [0.5, 0.6) is 0 Å². The van der Waals surface area contributed by atoms with E-state index in [1.807, 2.05) is 6.92 Å². The molecule has 0 bridgehead atoms. The molecule has 0 aliphatic rings. The molecule has 0 aromatic heterocycles. The maximum atomic E-state index is 12.8. The van der Waals surface area contributed by atoms with Gasteiger partial charge in [0.15, 0.2) is 9.84 Å². The van der Waals surface area contributed by atoms with E-state index in [1.54, 1.807) is 0 Å². The van der Waals surface area contributed by atoms with Crippen LogP contribution in [0.2, 0.25) is 0 Å². The summed E-state index contributed by atoms with van der Waals surface area (Å²) >= 11 is 0. The molecule has 0 N–H and O–H groups in total. The van der Waals surface area contributed by atoms with Gasteiger partial charge in [0.1, 0.15) is 0 Å². The second-order valence-electron chi connectivity index (χ2n) is 9.55. The highest BCUT2D eigenvalue weighted by Gasteiger charge is 2.26. The second kappa shape index (κ2) is 12.4. The van der Waals surface area contributed by atoms with Crippen LogP contribution in [0.4, 0.5) is 0 Å². The molecule has 0 unspecified atom stereocenters. The highest BCUT2D eigenvalue weighted by molar-refractivity contribution is 7.91. The van der Waals surface area contributed by atoms with E-state index >= 15 is 0 Å². The molecule has 0 aliphatic heterocycles. The number of benzene rings is 2. The summed E-state index contributed by atoms with van der Waals surface area (Å²) in [5.74, 6) is 1.06. The molecule has 3 heteroatoms. The topological polar surface area (TPSA) is 34.1 Å². The molecule has 2 aromatic rings. The van der Waals surface area contributed by atoms with Gasteiger partial charge in [0.05, 0.1) is 10.6 Å². The molecule has 174 valence electrons. The van der Waals surface area contributed by atoms with Crippen LogP contribution < -0.4 is 0 Å². The van der Waals surface area contributed by atoms with E-state index in [4.69, 9.17) is 0 Å². The van der Waals surface area contributed by atoms with Crippen molar-refractivity contribution in [3.63, 3.8) is 0 Å². The van der Waals surface area contributed by atoms with Crippen molar-refractivity contribution in [3.05, 3.63) is 64.2 Å². The van der Waals surface area contributed by atoms with Gasteiger partial charge in [-0.05, 0) is 59.8 Å². The number of aryl methyl sites for hydroxylation is 2. The molecule has 0 saturated heterocycles. The van der Waals surface area contributed by atoms with Crippen LogP contribution >= 0.6 is 0 Å². The van der Waals surface area contributed by atoms with Crippen molar-refractivity contribution in [2.75, 3.05) is 5.75 Å². The second-order valence-corrected chi connectivity index (χ2v) is 11.6. The summed E-state index contributed by atoms with van der Waals surface area (Å²) in [4.78, 5) is 0.596. The van der Waals surface area contributed by atoms with Crippen LogP contribution in [0.3, 0.4) is 0 Å². The summed E-state index contributed by atoms with van der Waals surface area (Å²) in [6.45, 7) is 18.9. The zero-order valence-electron chi connectivity index (χ0n) is 21.2. The molecule has 0 fully saturated rings. The maximum Gasteiger partial charge on any atom is 0.178 e. The van der Waals surface area contributed by atoms with Gasteiger partial charge in [-0.2, -0.15) is 0 Å². The van der Waals surface area contributed by atoms with Gasteiger partial charge in [-0.1, -0.05) is 104 Å². The number of hydrogen-bond donors (Lipinski definition) is 0. The summed E-state index contributed by atoms with van der Waals surface area (Å²) in [5.41, 5.74) is 6.00. The highest BCUT2D eigenvalue weighted by atomic mass is 32.2. The van der Waals surface area contributed by atoms with Gasteiger partial charge in [-0.15, -0.1) is 0 Å². The SMILES string of the molecule is CCCS(=O)(=O)c1c(C(C)C)cc(C(C)C)cc1C(C)C.CCCc1ccc(C)cc1. The van der Waals surface area contributed by atoms with Gasteiger partial charge in [0.2, 0.25) is 0 Å². The molecule has 0 heterocycles. The zero-order chi connectivity index (χ0) is 23.8. The van der Waals surface area contributed by atoms with Crippen molar-refractivity contribution in [2.45, 2.75) is 104 Å². The van der Waals surface area contributed by atoms with E-state index in [-0.39, 0.29) is 17.6 Å². The van der Waals surface area contributed by atoms with Crippen molar-refractivity contribution in [3.8, 4) is 0 Å². The van der Waals surface area contributed by atoms with Crippen molar-refractivity contribution in [1.82, 2.24) is 0 Å². The largest absolute Gasteiger partial charge is 0.224 e. The predicted octanol–water partition coefficient (Wildman–Crippen LogP) is 8.19. The Morgan fingerprint density at radius 1 is 0.742 bits per heavy atom. The molecule has 0 amide bonds. The average molecular weight is 445 g/mol. The van der Waals surface area contributed by atoms with Crippen molar-refractivity contribution < 1.29 is 8.42 Å². The Kier molecular flexibility index (Phi) is 11.0. The molecule has 2 aromatic carbocycles. The van der Waals surface area contributed by atoms with E-state index in [2.05, 4.69) is 91.8 Å². The van der Waals surface area contributed by atoms with Crippen LogP contribution in [0.15, 0.2) is 41.3 Å². The third kappa shape index (κ3) is 8.11. The van der Waals surface area contributed by atoms with Crippen molar-refractivity contribution in [1.29, 1.82) is 0 Å².